The first kappa shape index (κ1) is 12.5. The fourth-order valence-corrected chi connectivity index (χ4v) is 1.97. The van der Waals surface area contributed by atoms with Gasteiger partial charge in [-0.2, -0.15) is 5.10 Å². The Balaban J connectivity index is 1.80. The molecule has 4 nitrogen and oxygen atoms in total. The van der Waals surface area contributed by atoms with Gasteiger partial charge in [0.15, 0.2) is 0 Å². The second kappa shape index (κ2) is 5.58. The van der Waals surface area contributed by atoms with Gasteiger partial charge in [0.2, 0.25) is 0 Å². The average Bonchev–Trinajstić information content (AvgIpc) is 2.73. The number of nitrogens with one attached hydrogen (secondary N) is 2. The molecule has 4 N–H and O–H groups in total. The smallest absolute Gasteiger partial charge is 0.0574 e. The van der Waals surface area contributed by atoms with Gasteiger partial charge in [-0.1, -0.05) is 6.07 Å². The zero-order valence-electron chi connectivity index (χ0n) is 11.0. The molecule has 4 heteroatoms. The van der Waals surface area contributed by atoms with Gasteiger partial charge in [-0.25, -0.2) is 0 Å². The maximum Gasteiger partial charge on any atom is 0.0574 e. The fourth-order valence-electron chi connectivity index (χ4n) is 1.97. The number of H-pyrrole nitrogens is 1. The first-order valence-electron chi connectivity index (χ1n) is 6.25. The highest BCUT2D eigenvalue weighted by atomic mass is 15.1. The molecule has 1 aromatic heterocycles. The van der Waals surface area contributed by atoms with E-state index in [1.54, 1.807) is 0 Å². The van der Waals surface area contributed by atoms with Crippen molar-refractivity contribution in [3.63, 3.8) is 0 Å². The number of anilines is 2. The second-order valence-corrected chi connectivity index (χ2v) is 4.64. The topological polar surface area (TPSA) is 66.7 Å². The van der Waals surface area contributed by atoms with Crippen LogP contribution in [0.4, 0.5) is 11.4 Å². The molecular formula is C14H20N4. The molecule has 0 saturated carbocycles. The molecule has 0 bridgehead atoms. The molecule has 0 aliphatic rings. The summed E-state index contributed by atoms with van der Waals surface area (Å²) in [7, 11) is 0. The lowest BCUT2D eigenvalue weighted by Crippen LogP contribution is -2.05. The van der Waals surface area contributed by atoms with Crippen molar-refractivity contribution < 1.29 is 0 Å². The van der Waals surface area contributed by atoms with Crippen molar-refractivity contribution in [2.24, 2.45) is 0 Å². The van der Waals surface area contributed by atoms with E-state index in [4.69, 9.17) is 5.73 Å². The highest BCUT2D eigenvalue weighted by molar-refractivity contribution is 5.66. The molecule has 0 spiro atoms. The van der Waals surface area contributed by atoms with Crippen LogP contribution in [-0.4, -0.2) is 16.7 Å². The summed E-state index contributed by atoms with van der Waals surface area (Å²) < 4.78 is 0. The first-order chi connectivity index (χ1) is 8.66. The van der Waals surface area contributed by atoms with E-state index in [9.17, 15) is 0 Å². The number of hydrogen-bond acceptors (Lipinski definition) is 3. The normalized spacial score (nSPS) is 10.6. The molecule has 0 unspecified atom stereocenters. The summed E-state index contributed by atoms with van der Waals surface area (Å²) in [5, 5.41) is 10.3. The van der Waals surface area contributed by atoms with E-state index in [1.165, 1.54) is 11.1 Å². The van der Waals surface area contributed by atoms with E-state index in [0.717, 1.165) is 36.5 Å². The summed E-state index contributed by atoms with van der Waals surface area (Å²) in [4.78, 5) is 0. The Morgan fingerprint density at radius 3 is 2.83 bits per heavy atom. The first-order valence-corrected chi connectivity index (χ1v) is 6.25. The van der Waals surface area contributed by atoms with E-state index in [1.807, 2.05) is 32.2 Å². The van der Waals surface area contributed by atoms with Gasteiger partial charge < -0.3 is 11.1 Å². The predicted octanol–water partition coefficient (Wildman–Crippen LogP) is 2.65. The molecule has 2 aromatic rings. The molecule has 0 atom stereocenters. The maximum absolute atomic E-state index is 5.94. The van der Waals surface area contributed by atoms with Crippen molar-refractivity contribution in [3.8, 4) is 0 Å². The Morgan fingerprint density at radius 1 is 1.33 bits per heavy atom. The Labute approximate surface area is 108 Å². The van der Waals surface area contributed by atoms with Gasteiger partial charge in [0.1, 0.15) is 0 Å². The van der Waals surface area contributed by atoms with Gasteiger partial charge in [-0.05, 0) is 49.9 Å². The highest BCUT2D eigenvalue weighted by Crippen LogP contribution is 2.19. The van der Waals surface area contributed by atoms with Crippen molar-refractivity contribution in [2.45, 2.75) is 26.7 Å². The number of rotatable bonds is 5. The fraction of sp³-hybridized carbons (Fsp3) is 0.357. The summed E-state index contributed by atoms with van der Waals surface area (Å²) >= 11 is 0. The number of aromatic nitrogens is 2. The highest BCUT2D eigenvalue weighted by Gasteiger charge is 2.01. The number of nitrogen functional groups attached to an aromatic ring is 1. The second-order valence-electron chi connectivity index (χ2n) is 4.64. The Bertz CT molecular complexity index is 516. The standard InChI is InChI=1S/C14H20N4/c1-10-5-6-14(13(15)8-10)16-7-3-4-12-9-17-18-11(12)2/h5-6,8-9,16H,3-4,7,15H2,1-2H3,(H,17,18). The van der Waals surface area contributed by atoms with E-state index in [0.29, 0.717) is 0 Å². The SMILES string of the molecule is Cc1ccc(NCCCc2cn[nH]c2C)c(N)c1. The maximum atomic E-state index is 5.94. The molecule has 0 radical (unpaired) electrons. The van der Waals surface area contributed by atoms with Crippen LogP contribution >= 0.6 is 0 Å². The third-order valence-electron chi connectivity index (χ3n) is 3.08. The predicted molar refractivity (Wildman–Crippen MR) is 75.7 cm³/mol. The summed E-state index contributed by atoms with van der Waals surface area (Å²) in [6, 6.07) is 6.09. The molecular weight excluding hydrogens is 224 g/mol. The molecule has 0 fully saturated rings. The van der Waals surface area contributed by atoms with Crippen molar-refractivity contribution in [1.29, 1.82) is 0 Å². The quantitative estimate of drug-likeness (QED) is 0.559. The molecule has 96 valence electrons. The van der Waals surface area contributed by atoms with Gasteiger partial charge in [0, 0.05) is 12.2 Å². The number of aromatic amines is 1. The summed E-state index contributed by atoms with van der Waals surface area (Å²) in [6.07, 6.45) is 3.99. The number of aryl methyl sites for hydroxylation is 3. The molecule has 0 saturated heterocycles. The summed E-state index contributed by atoms with van der Waals surface area (Å²) in [5.74, 6) is 0. The molecule has 18 heavy (non-hydrogen) atoms. The van der Waals surface area contributed by atoms with Crippen LogP contribution in [0.2, 0.25) is 0 Å². The molecule has 0 aliphatic carbocycles. The van der Waals surface area contributed by atoms with Crippen molar-refractivity contribution in [2.75, 3.05) is 17.6 Å². The van der Waals surface area contributed by atoms with Crippen LogP contribution in [0.3, 0.4) is 0 Å². The van der Waals surface area contributed by atoms with Gasteiger partial charge >= 0.3 is 0 Å². The summed E-state index contributed by atoms with van der Waals surface area (Å²) in [6.45, 7) is 5.01. The Hall–Kier alpha value is -1.97. The number of nitrogens with zero attached hydrogens (tertiary/aromatic N) is 1. The van der Waals surface area contributed by atoms with Crippen LogP contribution in [0.15, 0.2) is 24.4 Å². The molecule has 1 heterocycles. The Kier molecular flexibility index (Phi) is 3.87. The van der Waals surface area contributed by atoms with Crippen molar-refractivity contribution >= 4 is 11.4 Å². The van der Waals surface area contributed by atoms with Gasteiger partial charge in [0.25, 0.3) is 0 Å². The van der Waals surface area contributed by atoms with Crippen LogP contribution in [-0.2, 0) is 6.42 Å². The largest absolute Gasteiger partial charge is 0.397 e. The third-order valence-corrected chi connectivity index (χ3v) is 3.08. The molecule has 0 aliphatic heterocycles. The van der Waals surface area contributed by atoms with Gasteiger partial charge in [0.05, 0.1) is 17.6 Å². The van der Waals surface area contributed by atoms with Gasteiger partial charge in [-0.3, -0.25) is 5.10 Å². The van der Waals surface area contributed by atoms with Crippen LogP contribution in [0.1, 0.15) is 23.2 Å². The Morgan fingerprint density at radius 2 is 2.17 bits per heavy atom. The lowest BCUT2D eigenvalue weighted by atomic mass is 10.1. The van der Waals surface area contributed by atoms with Crippen LogP contribution < -0.4 is 11.1 Å². The van der Waals surface area contributed by atoms with Crippen molar-refractivity contribution in [1.82, 2.24) is 10.2 Å². The minimum Gasteiger partial charge on any atom is -0.397 e. The van der Waals surface area contributed by atoms with Crippen LogP contribution in [0, 0.1) is 13.8 Å². The van der Waals surface area contributed by atoms with Crippen LogP contribution in [0.5, 0.6) is 0 Å². The minimum absolute atomic E-state index is 0.814. The zero-order chi connectivity index (χ0) is 13.0. The third kappa shape index (κ3) is 3.03. The number of hydrogen-bond donors (Lipinski definition) is 3. The van der Waals surface area contributed by atoms with Crippen LogP contribution in [0.25, 0.3) is 0 Å². The van der Waals surface area contributed by atoms with E-state index < -0.39 is 0 Å². The monoisotopic (exact) mass is 244 g/mol. The zero-order valence-corrected chi connectivity index (χ0v) is 11.0. The number of nitrogens with two attached hydrogens (primary N) is 1. The number of benzene rings is 1. The van der Waals surface area contributed by atoms with E-state index in [2.05, 4.69) is 21.6 Å². The molecule has 0 amide bonds. The minimum atomic E-state index is 0.814. The van der Waals surface area contributed by atoms with Gasteiger partial charge in [-0.15, -0.1) is 0 Å². The summed E-state index contributed by atoms with van der Waals surface area (Å²) in [5.41, 5.74) is 11.4. The molecule has 1 aromatic carbocycles. The average molecular weight is 244 g/mol. The van der Waals surface area contributed by atoms with E-state index in [-0.39, 0.29) is 0 Å². The lowest BCUT2D eigenvalue weighted by Gasteiger charge is -2.09. The molecule has 2 rings (SSSR count). The lowest BCUT2D eigenvalue weighted by molar-refractivity contribution is 0.857. The van der Waals surface area contributed by atoms with E-state index >= 15 is 0 Å². The van der Waals surface area contributed by atoms with Crippen molar-refractivity contribution in [3.05, 3.63) is 41.2 Å².